The van der Waals surface area contributed by atoms with E-state index >= 15 is 0 Å². The van der Waals surface area contributed by atoms with Gasteiger partial charge in [-0.15, -0.1) is 11.8 Å². The molecule has 5 nitrogen and oxygen atoms in total. The topological polar surface area (TPSA) is 59.0 Å². The lowest BCUT2D eigenvalue weighted by molar-refractivity contribution is -0.113. The van der Waals surface area contributed by atoms with Crippen molar-refractivity contribution in [3.05, 3.63) is 12.4 Å². The summed E-state index contributed by atoms with van der Waals surface area (Å²) in [6, 6.07) is 0. The fourth-order valence-electron chi connectivity index (χ4n) is 1.84. The molecule has 1 amide bonds. The maximum Gasteiger partial charge on any atom is 0.234 e. The molecule has 0 bridgehead atoms. The minimum Gasteiger partial charge on any atom is -0.323 e. The van der Waals surface area contributed by atoms with Crippen molar-refractivity contribution in [1.82, 2.24) is 15.1 Å². The SMILES string of the molecule is Cn1cc(NC(=O)CSC2CCNCC2)cn1. The molecule has 17 heavy (non-hydrogen) atoms. The number of aryl methyl sites for hydroxylation is 1. The number of nitrogens with zero attached hydrogens (tertiary/aromatic N) is 2. The molecule has 1 aliphatic heterocycles. The summed E-state index contributed by atoms with van der Waals surface area (Å²) in [5.41, 5.74) is 0.767. The van der Waals surface area contributed by atoms with Crippen LogP contribution in [0.4, 0.5) is 5.69 Å². The van der Waals surface area contributed by atoms with Gasteiger partial charge in [0.05, 0.1) is 17.6 Å². The van der Waals surface area contributed by atoms with Crippen LogP contribution in [-0.4, -0.2) is 39.8 Å². The summed E-state index contributed by atoms with van der Waals surface area (Å²) in [6.07, 6.45) is 5.77. The Morgan fingerprint density at radius 3 is 3.06 bits per heavy atom. The molecule has 94 valence electrons. The largest absolute Gasteiger partial charge is 0.323 e. The Bertz CT molecular complexity index is 373. The summed E-state index contributed by atoms with van der Waals surface area (Å²) >= 11 is 1.75. The number of hydrogen-bond acceptors (Lipinski definition) is 4. The molecule has 0 radical (unpaired) electrons. The monoisotopic (exact) mass is 254 g/mol. The Morgan fingerprint density at radius 1 is 1.65 bits per heavy atom. The second-order valence-corrected chi connectivity index (χ2v) is 5.50. The molecule has 0 unspecified atom stereocenters. The number of hydrogen-bond donors (Lipinski definition) is 2. The fraction of sp³-hybridized carbons (Fsp3) is 0.636. The van der Waals surface area contributed by atoms with Gasteiger partial charge in [0.15, 0.2) is 0 Å². The molecule has 0 atom stereocenters. The summed E-state index contributed by atoms with van der Waals surface area (Å²) in [5, 5.41) is 10.8. The lowest BCUT2D eigenvalue weighted by Crippen LogP contribution is -2.30. The van der Waals surface area contributed by atoms with Gasteiger partial charge in [-0.2, -0.15) is 5.10 Å². The molecule has 1 aliphatic rings. The van der Waals surface area contributed by atoms with E-state index in [-0.39, 0.29) is 5.91 Å². The van der Waals surface area contributed by atoms with Gasteiger partial charge in [-0.05, 0) is 25.9 Å². The van der Waals surface area contributed by atoms with Crippen LogP contribution < -0.4 is 10.6 Å². The second kappa shape index (κ2) is 6.07. The average molecular weight is 254 g/mol. The van der Waals surface area contributed by atoms with Crippen LogP contribution in [0.3, 0.4) is 0 Å². The van der Waals surface area contributed by atoms with Gasteiger partial charge in [0.1, 0.15) is 0 Å². The lowest BCUT2D eigenvalue weighted by atomic mass is 10.2. The van der Waals surface area contributed by atoms with Crippen molar-refractivity contribution in [3.8, 4) is 0 Å². The van der Waals surface area contributed by atoms with Gasteiger partial charge < -0.3 is 10.6 Å². The number of rotatable bonds is 4. The minimum atomic E-state index is 0.0570. The normalized spacial score (nSPS) is 17.0. The predicted octanol–water partition coefficient (Wildman–Crippen LogP) is 0.844. The molecule has 0 aliphatic carbocycles. The zero-order chi connectivity index (χ0) is 12.1. The van der Waals surface area contributed by atoms with Gasteiger partial charge in [0.25, 0.3) is 0 Å². The lowest BCUT2D eigenvalue weighted by Gasteiger charge is -2.21. The Hall–Kier alpha value is -1.01. The van der Waals surface area contributed by atoms with Crippen LogP contribution in [0.25, 0.3) is 0 Å². The van der Waals surface area contributed by atoms with Crippen molar-refractivity contribution in [2.45, 2.75) is 18.1 Å². The molecular weight excluding hydrogens is 236 g/mol. The summed E-state index contributed by atoms with van der Waals surface area (Å²) in [7, 11) is 1.83. The third-order valence-electron chi connectivity index (χ3n) is 2.72. The van der Waals surface area contributed by atoms with E-state index in [1.807, 2.05) is 7.05 Å². The van der Waals surface area contributed by atoms with Gasteiger partial charge in [0.2, 0.25) is 5.91 Å². The van der Waals surface area contributed by atoms with Crippen LogP contribution >= 0.6 is 11.8 Å². The van der Waals surface area contributed by atoms with Crippen molar-refractivity contribution in [3.63, 3.8) is 0 Å². The van der Waals surface area contributed by atoms with Crippen LogP contribution in [0.15, 0.2) is 12.4 Å². The highest BCUT2D eigenvalue weighted by Gasteiger charge is 2.15. The van der Waals surface area contributed by atoms with E-state index in [1.54, 1.807) is 28.8 Å². The first-order chi connectivity index (χ1) is 8.24. The Balaban J connectivity index is 1.70. The molecule has 1 aromatic rings. The smallest absolute Gasteiger partial charge is 0.234 e. The molecule has 0 saturated carbocycles. The fourth-order valence-corrected chi connectivity index (χ4v) is 2.87. The van der Waals surface area contributed by atoms with Gasteiger partial charge in [-0.3, -0.25) is 9.48 Å². The number of piperidine rings is 1. The maximum atomic E-state index is 11.7. The van der Waals surface area contributed by atoms with Gasteiger partial charge in [0, 0.05) is 18.5 Å². The minimum absolute atomic E-state index is 0.0570. The zero-order valence-electron chi connectivity index (χ0n) is 9.98. The Labute approximate surface area is 105 Å². The summed E-state index contributed by atoms with van der Waals surface area (Å²) < 4.78 is 1.68. The second-order valence-electron chi connectivity index (χ2n) is 4.21. The van der Waals surface area contributed by atoms with Crippen molar-refractivity contribution in [2.24, 2.45) is 7.05 Å². The van der Waals surface area contributed by atoms with E-state index in [9.17, 15) is 4.79 Å². The highest BCUT2D eigenvalue weighted by molar-refractivity contribution is 8.00. The first-order valence-corrected chi connectivity index (χ1v) is 6.90. The molecule has 2 rings (SSSR count). The predicted molar refractivity (Wildman–Crippen MR) is 70.2 cm³/mol. The molecule has 1 saturated heterocycles. The number of amides is 1. The molecule has 1 fully saturated rings. The Kier molecular flexibility index (Phi) is 4.44. The van der Waals surface area contributed by atoms with Crippen LogP contribution in [0.2, 0.25) is 0 Å². The van der Waals surface area contributed by atoms with E-state index in [1.165, 1.54) is 0 Å². The summed E-state index contributed by atoms with van der Waals surface area (Å²) in [6.45, 7) is 2.14. The van der Waals surface area contributed by atoms with Gasteiger partial charge in [-0.25, -0.2) is 0 Å². The van der Waals surface area contributed by atoms with Crippen LogP contribution in [0.1, 0.15) is 12.8 Å². The molecule has 2 heterocycles. The van der Waals surface area contributed by atoms with Crippen molar-refractivity contribution < 1.29 is 4.79 Å². The first-order valence-electron chi connectivity index (χ1n) is 5.85. The zero-order valence-corrected chi connectivity index (χ0v) is 10.8. The molecular formula is C11H18N4OS. The van der Waals surface area contributed by atoms with E-state index < -0.39 is 0 Å². The maximum absolute atomic E-state index is 11.7. The van der Waals surface area contributed by atoms with E-state index in [0.717, 1.165) is 31.6 Å². The number of nitrogens with one attached hydrogen (secondary N) is 2. The third kappa shape index (κ3) is 4.05. The van der Waals surface area contributed by atoms with Crippen LogP contribution in [-0.2, 0) is 11.8 Å². The highest BCUT2D eigenvalue weighted by Crippen LogP contribution is 2.20. The van der Waals surface area contributed by atoms with Gasteiger partial charge in [-0.1, -0.05) is 0 Å². The number of aromatic nitrogens is 2. The quantitative estimate of drug-likeness (QED) is 0.836. The number of thioether (sulfide) groups is 1. The number of carbonyl (C=O) groups is 1. The highest BCUT2D eigenvalue weighted by atomic mass is 32.2. The van der Waals surface area contributed by atoms with Crippen molar-refractivity contribution >= 4 is 23.4 Å². The summed E-state index contributed by atoms with van der Waals surface area (Å²) in [5.74, 6) is 0.584. The van der Waals surface area contributed by atoms with Crippen molar-refractivity contribution in [2.75, 3.05) is 24.2 Å². The van der Waals surface area contributed by atoms with Crippen molar-refractivity contribution in [1.29, 1.82) is 0 Å². The average Bonchev–Trinajstić information content (AvgIpc) is 2.73. The number of carbonyl (C=O) groups excluding carboxylic acids is 1. The number of anilines is 1. The van der Waals surface area contributed by atoms with E-state index in [4.69, 9.17) is 0 Å². The molecule has 0 aromatic carbocycles. The first kappa shape index (κ1) is 12.4. The molecule has 2 N–H and O–H groups in total. The van der Waals surface area contributed by atoms with Gasteiger partial charge >= 0.3 is 0 Å². The molecule has 6 heteroatoms. The standard InChI is InChI=1S/C11H18N4OS/c1-15-7-9(6-13-15)14-11(16)8-17-10-2-4-12-5-3-10/h6-7,10,12H,2-5,8H2,1H3,(H,14,16). The van der Waals surface area contributed by atoms with Crippen LogP contribution in [0.5, 0.6) is 0 Å². The Morgan fingerprint density at radius 2 is 2.41 bits per heavy atom. The summed E-state index contributed by atoms with van der Waals surface area (Å²) in [4.78, 5) is 11.7. The van der Waals surface area contributed by atoms with E-state index in [0.29, 0.717) is 11.0 Å². The molecule has 0 spiro atoms. The molecule has 1 aromatic heterocycles. The van der Waals surface area contributed by atoms with E-state index in [2.05, 4.69) is 15.7 Å². The third-order valence-corrected chi connectivity index (χ3v) is 4.10. The van der Waals surface area contributed by atoms with Crippen LogP contribution in [0, 0.1) is 0 Å².